The molecule has 12 heavy (non-hydrogen) atoms. The molecular formula is C10H17NO. The van der Waals surface area contributed by atoms with E-state index in [1.54, 1.807) is 7.11 Å². The van der Waals surface area contributed by atoms with Crippen molar-refractivity contribution in [2.75, 3.05) is 7.11 Å². The maximum absolute atomic E-state index is 5.26. The summed E-state index contributed by atoms with van der Waals surface area (Å²) in [5.41, 5.74) is 1.26. The second-order valence-corrected chi connectivity index (χ2v) is 3.00. The molecule has 2 heteroatoms. The van der Waals surface area contributed by atoms with Gasteiger partial charge in [-0.1, -0.05) is 6.92 Å². The maximum atomic E-state index is 5.26. The van der Waals surface area contributed by atoms with Gasteiger partial charge in [-0.2, -0.15) is 0 Å². The van der Waals surface area contributed by atoms with Gasteiger partial charge in [-0.25, -0.2) is 0 Å². The Balaban J connectivity index is 2.76. The fraction of sp³-hybridized carbons (Fsp3) is 0.600. The molecule has 0 amide bonds. The standard InChI is InChI=1S/C10H17NO/c1-4-7-11-8-5-6-10(11)9(2)12-3/h5-6,8-9H,4,7H2,1-3H3. The van der Waals surface area contributed by atoms with E-state index in [1.165, 1.54) is 5.69 Å². The van der Waals surface area contributed by atoms with Crippen molar-refractivity contribution in [2.45, 2.75) is 32.9 Å². The lowest BCUT2D eigenvalue weighted by Gasteiger charge is -2.13. The summed E-state index contributed by atoms with van der Waals surface area (Å²) in [6.45, 7) is 5.33. The number of aryl methyl sites for hydroxylation is 1. The average molecular weight is 167 g/mol. The highest BCUT2D eigenvalue weighted by Gasteiger charge is 2.07. The number of ether oxygens (including phenoxy) is 1. The van der Waals surface area contributed by atoms with Crippen LogP contribution in [0.2, 0.25) is 0 Å². The molecule has 1 atom stereocenters. The lowest BCUT2D eigenvalue weighted by molar-refractivity contribution is 0.112. The second kappa shape index (κ2) is 4.31. The van der Waals surface area contributed by atoms with Gasteiger partial charge in [0, 0.05) is 25.5 Å². The van der Waals surface area contributed by atoms with Gasteiger partial charge in [0.15, 0.2) is 0 Å². The summed E-state index contributed by atoms with van der Waals surface area (Å²) in [5.74, 6) is 0. The highest BCUT2D eigenvalue weighted by atomic mass is 16.5. The first-order valence-electron chi connectivity index (χ1n) is 4.47. The van der Waals surface area contributed by atoms with Crippen LogP contribution in [-0.2, 0) is 11.3 Å². The Morgan fingerprint density at radius 1 is 1.58 bits per heavy atom. The molecule has 0 radical (unpaired) electrons. The Morgan fingerprint density at radius 2 is 2.33 bits per heavy atom. The molecule has 0 bridgehead atoms. The Kier molecular flexibility index (Phi) is 3.35. The van der Waals surface area contributed by atoms with Crippen LogP contribution >= 0.6 is 0 Å². The fourth-order valence-electron chi connectivity index (χ4n) is 1.36. The van der Waals surface area contributed by atoms with Crippen LogP contribution in [-0.4, -0.2) is 11.7 Å². The largest absolute Gasteiger partial charge is 0.376 e. The number of rotatable bonds is 4. The molecule has 1 unspecified atom stereocenters. The molecule has 0 aliphatic heterocycles. The molecule has 0 aliphatic carbocycles. The molecular weight excluding hydrogens is 150 g/mol. The van der Waals surface area contributed by atoms with Gasteiger partial charge in [0.2, 0.25) is 0 Å². The first-order chi connectivity index (χ1) is 5.79. The van der Waals surface area contributed by atoms with Gasteiger partial charge in [-0.3, -0.25) is 0 Å². The van der Waals surface area contributed by atoms with Crippen molar-refractivity contribution in [3.8, 4) is 0 Å². The van der Waals surface area contributed by atoms with Crippen molar-refractivity contribution in [1.29, 1.82) is 0 Å². The van der Waals surface area contributed by atoms with Crippen LogP contribution in [0.25, 0.3) is 0 Å². The van der Waals surface area contributed by atoms with Gasteiger partial charge < -0.3 is 9.30 Å². The third-order valence-electron chi connectivity index (χ3n) is 2.10. The SMILES string of the molecule is CCCn1cccc1C(C)OC. The smallest absolute Gasteiger partial charge is 0.0942 e. The molecule has 0 spiro atoms. The monoisotopic (exact) mass is 167 g/mol. The number of hydrogen-bond acceptors (Lipinski definition) is 1. The van der Waals surface area contributed by atoms with Crippen molar-refractivity contribution < 1.29 is 4.74 Å². The predicted octanol–water partition coefficient (Wildman–Crippen LogP) is 2.61. The summed E-state index contributed by atoms with van der Waals surface area (Å²) >= 11 is 0. The second-order valence-electron chi connectivity index (χ2n) is 3.00. The zero-order chi connectivity index (χ0) is 8.97. The van der Waals surface area contributed by atoms with Crippen LogP contribution in [0.4, 0.5) is 0 Å². The molecule has 0 aromatic carbocycles. The van der Waals surface area contributed by atoms with E-state index in [-0.39, 0.29) is 6.10 Å². The Morgan fingerprint density at radius 3 is 2.92 bits per heavy atom. The highest BCUT2D eigenvalue weighted by molar-refractivity contribution is 5.09. The number of aromatic nitrogens is 1. The third-order valence-corrected chi connectivity index (χ3v) is 2.10. The summed E-state index contributed by atoms with van der Waals surface area (Å²) in [4.78, 5) is 0. The first kappa shape index (κ1) is 9.33. The molecule has 0 fully saturated rings. The molecule has 1 aromatic heterocycles. The molecule has 68 valence electrons. The van der Waals surface area contributed by atoms with Crippen LogP contribution in [0, 0.1) is 0 Å². The molecule has 0 saturated heterocycles. The minimum atomic E-state index is 0.201. The molecule has 2 nitrogen and oxygen atoms in total. The van der Waals surface area contributed by atoms with Gasteiger partial charge in [0.25, 0.3) is 0 Å². The zero-order valence-electron chi connectivity index (χ0n) is 8.08. The quantitative estimate of drug-likeness (QED) is 0.672. The van der Waals surface area contributed by atoms with Crippen molar-refractivity contribution in [3.05, 3.63) is 24.0 Å². The van der Waals surface area contributed by atoms with Gasteiger partial charge in [0.1, 0.15) is 0 Å². The number of nitrogens with zero attached hydrogens (tertiary/aromatic N) is 1. The zero-order valence-corrected chi connectivity index (χ0v) is 8.08. The van der Waals surface area contributed by atoms with Gasteiger partial charge in [0.05, 0.1) is 6.10 Å². The summed E-state index contributed by atoms with van der Waals surface area (Å²) in [6, 6.07) is 4.18. The normalized spacial score (nSPS) is 13.2. The van der Waals surface area contributed by atoms with Crippen molar-refractivity contribution in [2.24, 2.45) is 0 Å². The molecule has 0 aliphatic rings. The van der Waals surface area contributed by atoms with E-state index in [1.807, 2.05) is 0 Å². The van der Waals surface area contributed by atoms with Crippen LogP contribution in [0.5, 0.6) is 0 Å². The van der Waals surface area contributed by atoms with E-state index in [0.717, 1.165) is 13.0 Å². The van der Waals surface area contributed by atoms with Crippen molar-refractivity contribution in [1.82, 2.24) is 4.57 Å². The van der Waals surface area contributed by atoms with E-state index >= 15 is 0 Å². The van der Waals surface area contributed by atoms with E-state index in [9.17, 15) is 0 Å². The lowest BCUT2D eigenvalue weighted by Crippen LogP contribution is -2.05. The van der Waals surface area contributed by atoms with E-state index in [2.05, 4.69) is 36.7 Å². The summed E-state index contributed by atoms with van der Waals surface area (Å²) < 4.78 is 7.50. The molecule has 0 saturated carbocycles. The molecule has 1 aromatic rings. The third kappa shape index (κ3) is 1.89. The van der Waals surface area contributed by atoms with Crippen LogP contribution in [0.15, 0.2) is 18.3 Å². The number of hydrogen-bond donors (Lipinski definition) is 0. The summed E-state index contributed by atoms with van der Waals surface area (Å²) in [6.07, 6.45) is 3.47. The Hall–Kier alpha value is -0.760. The lowest BCUT2D eigenvalue weighted by atomic mass is 10.3. The molecule has 1 heterocycles. The van der Waals surface area contributed by atoms with Gasteiger partial charge in [-0.05, 0) is 25.5 Å². The minimum absolute atomic E-state index is 0.201. The Labute approximate surface area is 74.2 Å². The van der Waals surface area contributed by atoms with Crippen LogP contribution in [0.3, 0.4) is 0 Å². The predicted molar refractivity (Wildman–Crippen MR) is 50.1 cm³/mol. The average Bonchev–Trinajstić information content (AvgIpc) is 2.52. The van der Waals surface area contributed by atoms with Crippen molar-refractivity contribution >= 4 is 0 Å². The van der Waals surface area contributed by atoms with Crippen LogP contribution < -0.4 is 0 Å². The maximum Gasteiger partial charge on any atom is 0.0942 e. The minimum Gasteiger partial charge on any atom is -0.376 e. The van der Waals surface area contributed by atoms with Gasteiger partial charge in [-0.15, -0.1) is 0 Å². The van der Waals surface area contributed by atoms with E-state index in [0.29, 0.717) is 0 Å². The van der Waals surface area contributed by atoms with Gasteiger partial charge >= 0.3 is 0 Å². The van der Waals surface area contributed by atoms with Crippen LogP contribution in [0.1, 0.15) is 32.1 Å². The topological polar surface area (TPSA) is 14.2 Å². The molecule has 1 rings (SSSR count). The van der Waals surface area contributed by atoms with E-state index in [4.69, 9.17) is 4.74 Å². The van der Waals surface area contributed by atoms with Crippen molar-refractivity contribution in [3.63, 3.8) is 0 Å². The highest BCUT2D eigenvalue weighted by Crippen LogP contribution is 2.16. The Bertz CT molecular complexity index is 229. The first-order valence-corrected chi connectivity index (χ1v) is 4.47. The number of methoxy groups -OCH3 is 1. The fourth-order valence-corrected chi connectivity index (χ4v) is 1.36. The molecule has 0 N–H and O–H groups in total. The summed E-state index contributed by atoms with van der Waals surface area (Å²) in [7, 11) is 1.74. The van der Waals surface area contributed by atoms with E-state index < -0.39 is 0 Å². The summed E-state index contributed by atoms with van der Waals surface area (Å²) in [5, 5.41) is 0.